The third kappa shape index (κ3) is 4.01. The molecule has 0 unspecified atom stereocenters. The minimum atomic E-state index is -1.03. The molecule has 0 saturated carbocycles. The minimum Gasteiger partial charge on any atom is -0.478 e. The maximum atomic E-state index is 11.3. The molecule has 0 aliphatic heterocycles. The number of amidine groups is 1. The molecular weight excluding hydrogens is 420 g/mol. The number of nitrogens with zero attached hydrogens (tertiary/aromatic N) is 2. The van der Waals surface area contributed by atoms with E-state index in [2.05, 4.69) is 15.1 Å². The number of fused-ring (bicyclic) bond motifs is 1. The first-order valence-corrected chi connectivity index (χ1v) is 9.53. The highest BCUT2D eigenvalue weighted by atomic mass is 35.5. The van der Waals surface area contributed by atoms with Crippen molar-refractivity contribution in [2.24, 2.45) is 10.9 Å². The van der Waals surface area contributed by atoms with Gasteiger partial charge in [0.15, 0.2) is 5.84 Å². The average molecular weight is 437 g/mol. The Labute approximate surface area is 181 Å². The largest absolute Gasteiger partial charge is 0.478 e. The summed E-state index contributed by atoms with van der Waals surface area (Å²) < 4.78 is 5.73. The van der Waals surface area contributed by atoms with Gasteiger partial charge in [-0.15, -0.1) is 0 Å². The maximum Gasteiger partial charge on any atom is 0.336 e. The molecule has 0 aliphatic rings. The van der Waals surface area contributed by atoms with Crippen molar-refractivity contribution in [1.82, 2.24) is 9.97 Å². The summed E-state index contributed by atoms with van der Waals surface area (Å²) in [6.07, 6.45) is 0. The van der Waals surface area contributed by atoms with Crippen LogP contribution in [0.1, 0.15) is 21.5 Å². The molecule has 0 radical (unpaired) electrons. The number of carboxylic acids is 1. The van der Waals surface area contributed by atoms with Gasteiger partial charge < -0.3 is 25.8 Å². The monoisotopic (exact) mass is 436 g/mol. The summed E-state index contributed by atoms with van der Waals surface area (Å²) in [6.45, 7) is 1.72. The number of aromatic carboxylic acids is 1. The summed E-state index contributed by atoms with van der Waals surface area (Å²) in [7, 11) is 0. The van der Waals surface area contributed by atoms with E-state index in [9.17, 15) is 9.90 Å². The van der Waals surface area contributed by atoms with Gasteiger partial charge in [0, 0.05) is 11.1 Å². The zero-order chi connectivity index (χ0) is 22.1. The number of ether oxygens (including phenoxy) is 1. The fourth-order valence-corrected chi connectivity index (χ4v) is 3.43. The van der Waals surface area contributed by atoms with Crippen molar-refractivity contribution in [3.05, 3.63) is 76.3 Å². The molecule has 0 fully saturated rings. The number of aryl methyl sites for hydroxylation is 1. The second kappa shape index (κ2) is 8.00. The number of hydrogen-bond donors (Lipinski definition) is 4. The Kier molecular flexibility index (Phi) is 5.22. The molecule has 9 heteroatoms. The van der Waals surface area contributed by atoms with Crippen LogP contribution in [0.2, 0.25) is 5.02 Å². The number of aromatic amines is 1. The highest BCUT2D eigenvalue weighted by Gasteiger charge is 2.13. The fourth-order valence-electron chi connectivity index (χ4n) is 3.16. The van der Waals surface area contributed by atoms with E-state index in [1.807, 2.05) is 18.2 Å². The van der Waals surface area contributed by atoms with Crippen LogP contribution in [0.15, 0.2) is 59.8 Å². The molecule has 0 amide bonds. The lowest BCUT2D eigenvalue weighted by molar-refractivity contribution is 0.0695. The molecular formula is C22H17ClN4O4. The molecule has 0 saturated heterocycles. The zero-order valence-electron chi connectivity index (χ0n) is 16.3. The molecule has 0 bridgehead atoms. The highest BCUT2D eigenvalue weighted by molar-refractivity contribution is 6.34. The van der Waals surface area contributed by atoms with Crippen molar-refractivity contribution >= 4 is 34.4 Å². The predicted molar refractivity (Wildman–Crippen MR) is 117 cm³/mol. The average Bonchev–Trinajstić information content (AvgIpc) is 3.14. The van der Waals surface area contributed by atoms with Crippen LogP contribution in [-0.2, 0) is 0 Å². The Bertz CT molecular complexity index is 1330. The Morgan fingerprint density at radius 1 is 1.16 bits per heavy atom. The van der Waals surface area contributed by atoms with Crippen LogP contribution in [0.5, 0.6) is 11.8 Å². The predicted octanol–water partition coefficient (Wildman–Crippen LogP) is 4.78. The van der Waals surface area contributed by atoms with E-state index < -0.39 is 5.97 Å². The number of nitrogens with two attached hydrogens (primary N) is 1. The first-order valence-electron chi connectivity index (χ1n) is 9.15. The minimum absolute atomic E-state index is 0.0179. The number of hydrogen-bond acceptors (Lipinski definition) is 5. The number of rotatable bonds is 5. The zero-order valence-corrected chi connectivity index (χ0v) is 17.0. The smallest absolute Gasteiger partial charge is 0.336 e. The highest BCUT2D eigenvalue weighted by Crippen LogP contribution is 2.33. The lowest BCUT2D eigenvalue weighted by atomic mass is 10.0. The van der Waals surface area contributed by atoms with E-state index in [0.29, 0.717) is 32.9 Å². The fraction of sp³-hybridized carbons (Fsp3) is 0.0455. The number of H-pyrrole nitrogens is 1. The Balaban J connectivity index is 1.66. The van der Waals surface area contributed by atoms with E-state index in [4.69, 9.17) is 27.3 Å². The van der Waals surface area contributed by atoms with Gasteiger partial charge in [0.2, 0.25) is 0 Å². The molecule has 0 spiro atoms. The van der Waals surface area contributed by atoms with E-state index in [-0.39, 0.29) is 17.4 Å². The van der Waals surface area contributed by atoms with Gasteiger partial charge in [-0.1, -0.05) is 47.1 Å². The Morgan fingerprint density at radius 3 is 2.58 bits per heavy atom. The van der Waals surface area contributed by atoms with Crippen molar-refractivity contribution in [3.8, 4) is 22.9 Å². The van der Waals surface area contributed by atoms with Crippen LogP contribution in [0.25, 0.3) is 22.2 Å². The van der Waals surface area contributed by atoms with Gasteiger partial charge in [-0.3, -0.25) is 0 Å². The summed E-state index contributed by atoms with van der Waals surface area (Å²) in [4.78, 5) is 18.8. The van der Waals surface area contributed by atoms with Crippen LogP contribution in [-0.4, -0.2) is 32.1 Å². The van der Waals surface area contributed by atoms with E-state index in [1.165, 1.54) is 6.07 Å². The summed E-state index contributed by atoms with van der Waals surface area (Å²) in [5.74, 6) is -0.654. The number of nitrogens with one attached hydrogen (secondary N) is 1. The van der Waals surface area contributed by atoms with Gasteiger partial charge in [0.1, 0.15) is 5.75 Å². The number of aromatic nitrogens is 2. The van der Waals surface area contributed by atoms with Gasteiger partial charge in [-0.25, -0.2) is 4.79 Å². The first kappa shape index (κ1) is 20.2. The molecule has 0 aliphatic carbocycles. The molecule has 0 atom stereocenters. The van der Waals surface area contributed by atoms with E-state index >= 15 is 0 Å². The SMILES string of the molecule is Cc1ccc(Oc2nc3cc(-c4ccc(C(N)=NO)cc4)c(Cl)cc3[nH]2)cc1C(=O)O. The lowest BCUT2D eigenvalue weighted by Gasteiger charge is -2.06. The summed E-state index contributed by atoms with van der Waals surface area (Å²) >= 11 is 6.47. The maximum absolute atomic E-state index is 11.3. The van der Waals surface area contributed by atoms with Gasteiger partial charge in [0.25, 0.3) is 6.01 Å². The first-order chi connectivity index (χ1) is 14.9. The number of benzene rings is 3. The number of imidazole rings is 1. The third-order valence-electron chi connectivity index (χ3n) is 4.80. The van der Waals surface area contributed by atoms with Crippen molar-refractivity contribution in [3.63, 3.8) is 0 Å². The van der Waals surface area contributed by atoms with Crippen LogP contribution in [0.4, 0.5) is 0 Å². The third-order valence-corrected chi connectivity index (χ3v) is 5.12. The number of carboxylic acid groups (broad SMARTS) is 1. The number of halogens is 1. The second-order valence-electron chi connectivity index (χ2n) is 6.84. The van der Waals surface area contributed by atoms with Crippen LogP contribution < -0.4 is 10.5 Å². The summed E-state index contributed by atoms with van der Waals surface area (Å²) in [5.41, 5.74) is 9.86. The summed E-state index contributed by atoms with van der Waals surface area (Å²) in [5, 5.41) is 21.6. The van der Waals surface area contributed by atoms with Gasteiger partial charge in [0.05, 0.1) is 21.6 Å². The number of oxime groups is 1. The topological polar surface area (TPSA) is 134 Å². The van der Waals surface area contributed by atoms with Crippen molar-refractivity contribution in [2.75, 3.05) is 0 Å². The molecule has 4 rings (SSSR count). The molecule has 4 aromatic rings. The molecule has 31 heavy (non-hydrogen) atoms. The van der Waals surface area contributed by atoms with Crippen LogP contribution >= 0.6 is 11.6 Å². The molecule has 5 N–H and O–H groups in total. The van der Waals surface area contributed by atoms with Crippen molar-refractivity contribution in [2.45, 2.75) is 6.92 Å². The summed E-state index contributed by atoms with van der Waals surface area (Å²) in [6, 6.07) is 15.6. The molecule has 156 valence electrons. The standard InChI is InChI=1S/C22H17ClN4O4/c1-11-2-7-14(8-15(11)21(28)29)31-22-25-18-9-16(17(23)10-19(18)26-22)12-3-5-13(6-4-12)20(24)27-30/h2-10,30H,1H3,(H2,24,27)(H,25,26)(H,28,29). The second-order valence-corrected chi connectivity index (χ2v) is 7.24. The van der Waals surface area contributed by atoms with E-state index in [1.54, 1.807) is 37.3 Å². The number of carbonyl (C=O) groups is 1. The molecule has 3 aromatic carbocycles. The molecule has 1 aromatic heterocycles. The van der Waals surface area contributed by atoms with Crippen molar-refractivity contribution < 1.29 is 19.8 Å². The molecule has 8 nitrogen and oxygen atoms in total. The van der Waals surface area contributed by atoms with Crippen LogP contribution in [0.3, 0.4) is 0 Å². The van der Waals surface area contributed by atoms with Crippen LogP contribution in [0, 0.1) is 6.92 Å². The quantitative estimate of drug-likeness (QED) is 0.154. The molecule has 1 heterocycles. The Morgan fingerprint density at radius 2 is 1.90 bits per heavy atom. The van der Waals surface area contributed by atoms with Gasteiger partial charge in [-0.05, 0) is 42.3 Å². The lowest BCUT2D eigenvalue weighted by Crippen LogP contribution is -2.12. The Hall–Kier alpha value is -4.04. The van der Waals surface area contributed by atoms with Gasteiger partial charge in [-0.2, -0.15) is 4.98 Å². The van der Waals surface area contributed by atoms with Crippen molar-refractivity contribution in [1.29, 1.82) is 0 Å². The van der Waals surface area contributed by atoms with E-state index in [0.717, 1.165) is 11.1 Å². The normalized spacial score (nSPS) is 11.6. The van der Waals surface area contributed by atoms with Gasteiger partial charge >= 0.3 is 5.97 Å².